The monoisotopic (exact) mass is 398 g/mol. The summed E-state index contributed by atoms with van der Waals surface area (Å²) in [5.41, 5.74) is 2.30. The van der Waals surface area contributed by atoms with Crippen molar-refractivity contribution >= 4 is 28.6 Å². The molecule has 4 rings (SSSR count). The van der Waals surface area contributed by atoms with Crippen molar-refractivity contribution < 1.29 is 0 Å². The number of nitrogens with one attached hydrogen (secondary N) is 1. The fraction of sp³-hybridized carbons (Fsp3) is 0.524. The van der Waals surface area contributed by atoms with E-state index in [2.05, 4.69) is 36.4 Å². The van der Waals surface area contributed by atoms with Gasteiger partial charge in [0.05, 0.1) is 6.54 Å². The second kappa shape index (κ2) is 7.66. The number of hydrogen-bond acceptors (Lipinski definition) is 5. The van der Waals surface area contributed by atoms with Crippen molar-refractivity contribution in [2.24, 2.45) is 0 Å². The minimum atomic E-state index is -0.170. The van der Waals surface area contributed by atoms with E-state index in [1.807, 2.05) is 28.9 Å². The van der Waals surface area contributed by atoms with E-state index in [0.717, 1.165) is 33.4 Å². The van der Waals surface area contributed by atoms with Gasteiger partial charge < -0.3 is 5.32 Å². The standard InChI is InChI=1S/C21H27ClN6/c1-21(2,3)20-24-18(23-15-10-5-4-6-11-15)17-19(25-20)28(27-26-17)13-14-9-7-8-12-16(14)22/h7-9,12,15H,4-6,10-11,13H2,1-3H3,(H,23,24,25). The van der Waals surface area contributed by atoms with Gasteiger partial charge >= 0.3 is 0 Å². The predicted octanol–water partition coefficient (Wildman–Crippen LogP) is 4.97. The molecule has 0 bridgehead atoms. The van der Waals surface area contributed by atoms with Crippen molar-refractivity contribution in [1.82, 2.24) is 25.0 Å². The quantitative estimate of drug-likeness (QED) is 0.672. The zero-order valence-electron chi connectivity index (χ0n) is 16.7. The van der Waals surface area contributed by atoms with Gasteiger partial charge in [-0.25, -0.2) is 14.6 Å². The summed E-state index contributed by atoms with van der Waals surface area (Å²) in [6.45, 7) is 6.90. The van der Waals surface area contributed by atoms with E-state index < -0.39 is 0 Å². The molecule has 1 saturated carbocycles. The lowest BCUT2D eigenvalue weighted by Gasteiger charge is -2.24. The van der Waals surface area contributed by atoms with E-state index in [-0.39, 0.29) is 5.41 Å². The van der Waals surface area contributed by atoms with Crippen LogP contribution in [0.4, 0.5) is 5.82 Å². The van der Waals surface area contributed by atoms with Gasteiger partial charge in [-0.3, -0.25) is 0 Å². The number of aromatic nitrogens is 5. The Morgan fingerprint density at radius 3 is 2.57 bits per heavy atom. The molecule has 1 fully saturated rings. The lowest BCUT2D eigenvalue weighted by atomic mass is 9.95. The van der Waals surface area contributed by atoms with Crippen LogP contribution in [-0.4, -0.2) is 31.0 Å². The molecule has 0 amide bonds. The molecule has 0 unspecified atom stereocenters. The van der Waals surface area contributed by atoms with Gasteiger partial charge in [0.2, 0.25) is 0 Å². The maximum Gasteiger partial charge on any atom is 0.184 e. The third-order valence-corrected chi connectivity index (χ3v) is 5.63. The molecule has 1 aliphatic rings. The van der Waals surface area contributed by atoms with Crippen LogP contribution in [0.2, 0.25) is 5.02 Å². The number of benzene rings is 1. The van der Waals surface area contributed by atoms with E-state index >= 15 is 0 Å². The average Bonchev–Trinajstić information content (AvgIpc) is 3.07. The fourth-order valence-electron chi connectivity index (χ4n) is 3.63. The van der Waals surface area contributed by atoms with Crippen molar-refractivity contribution in [3.8, 4) is 0 Å². The summed E-state index contributed by atoms with van der Waals surface area (Å²) in [5.74, 6) is 1.59. The smallest absolute Gasteiger partial charge is 0.184 e. The largest absolute Gasteiger partial charge is 0.365 e. The molecule has 0 atom stereocenters. The van der Waals surface area contributed by atoms with Gasteiger partial charge in [0.25, 0.3) is 0 Å². The zero-order chi connectivity index (χ0) is 19.7. The first kappa shape index (κ1) is 19.1. The molecular formula is C21H27ClN6. The van der Waals surface area contributed by atoms with Gasteiger partial charge in [0.15, 0.2) is 17.0 Å². The molecule has 1 aliphatic carbocycles. The Morgan fingerprint density at radius 2 is 1.86 bits per heavy atom. The van der Waals surface area contributed by atoms with Crippen LogP contribution >= 0.6 is 11.6 Å². The topological polar surface area (TPSA) is 68.5 Å². The summed E-state index contributed by atoms with van der Waals surface area (Å²) in [5, 5.41) is 13.1. The van der Waals surface area contributed by atoms with E-state index in [9.17, 15) is 0 Å². The third-order valence-electron chi connectivity index (χ3n) is 5.26. The highest BCUT2D eigenvalue weighted by Gasteiger charge is 2.24. The molecule has 1 N–H and O–H groups in total. The second-order valence-corrected chi connectivity index (χ2v) is 9.04. The number of nitrogens with zero attached hydrogens (tertiary/aromatic N) is 5. The van der Waals surface area contributed by atoms with Crippen molar-refractivity contribution in [2.75, 3.05) is 5.32 Å². The minimum absolute atomic E-state index is 0.170. The van der Waals surface area contributed by atoms with Crippen LogP contribution in [0.1, 0.15) is 64.3 Å². The molecule has 1 aromatic carbocycles. The van der Waals surface area contributed by atoms with Crippen LogP contribution in [0, 0.1) is 0 Å². The van der Waals surface area contributed by atoms with Crippen LogP contribution in [0.5, 0.6) is 0 Å². The van der Waals surface area contributed by atoms with E-state index in [4.69, 9.17) is 21.6 Å². The Bertz CT molecular complexity index is 969. The van der Waals surface area contributed by atoms with Crippen molar-refractivity contribution in [1.29, 1.82) is 0 Å². The molecule has 0 saturated heterocycles. The highest BCUT2D eigenvalue weighted by molar-refractivity contribution is 6.31. The summed E-state index contributed by atoms with van der Waals surface area (Å²) in [6, 6.07) is 8.24. The van der Waals surface area contributed by atoms with Gasteiger partial charge in [-0.2, -0.15) is 0 Å². The molecule has 0 spiro atoms. The molecule has 2 heterocycles. The first-order valence-electron chi connectivity index (χ1n) is 10.0. The second-order valence-electron chi connectivity index (χ2n) is 8.64. The van der Waals surface area contributed by atoms with E-state index in [1.54, 1.807) is 0 Å². The van der Waals surface area contributed by atoms with Crippen LogP contribution in [0.3, 0.4) is 0 Å². The fourth-order valence-corrected chi connectivity index (χ4v) is 3.82. The van der Waals surface area contributed by atoms with Crippen molar-refractivity contribution in [2.45, 2.75) is 70.9 Å². The Hall–Kier alpha value is -2.21. The summed E-state index contributed by atoms with van der Waals surface area (Å²) < 4.78 is 1.82. The Morgan fingerprint density at radius 1 is 1.11 bits per heavy atom. The highest BCUT2D eigenvalue weighted by Crippen LogP contribution is 2.28. The molecular weight excluding hydrogens is 372 g/mol. The van der Waals surface area contributed by atoms with Crippen LogP contribution in [0.25, 0.3) is 11.2 Å². The molecule has 0 aliphatic heterocycles. The number of fused-ring (bicyclic) bond motifs is 1. The molecule has 6 nitrogen and oxygen atoms in total. The number of anilines is 1. The van der Waals surface area contributed by atoms with Crippen LogP contribution in [0.15, 0.2) is 24.3 Å². The van der Waals surface area contributed by atoms with Gasteiger partial charge in [-0.05, 0) is 24.5 Å². The van der Waals surface area contributed by atoms with Gasteiger partial charge in [0.1, 0.15) is 5.82 Å². The number of rotatable bonds is 4. The van der Waals surface area contributed by atoms with E-state index in [0.29, 0.717) is 12.6 Å². The normalized spacial score (nSPS) is 15.9. The molecule has 7 heteroatoms. The van der Waals surface area contributed by atoms with Crippen LogP contribution in [-0.2, 0) is 12.0 Å². The van der Waals surface area contributed by atoms with Gasteiger partial charge in [-0.15, -0.1) is 5.10 Å². The zero-order valence-corrected chi connectivity index (χ0v) is 17.5. The summed E-state index contributed by atoms with van der Waals surface area (Å²) in [7, 11) is 0. The molecule has 2 aromatic heterocycles. The van der Waals surface area contributed by atoms with E-state index in [1.165, 1.54) is 32.1 Å². The number of halogens is 1. The van der Waals surface area contributed by atoms with Crippen molar-refractivity contribution in [3.05, 3.63) is 40.7 Å². The maximum absolute atomic E-state index is 6.35. The minimum Gasteiger partial charge on any atom is -0.365 e. The van der Waals surface area contributed by atoms with Crippen LogP contribution < -0.4 is 5.32 Å². The number of hydrogen-bond donors (Lipinski definition) is 1. The first-order chi connectivity index (χ1) is 13.4. The molecule has 0 radical (unpaired) electrons. The highest BCUT2D eigenvalue weighted by atomic mass is 35.5. The third kappa shape index (κ3) is 3.97. The summed E-state index contributed by atoms with van der Waals surface area (Å²) >= 11 is 6.35. The van der Waals surface area contributed by atoms with Gasteiger partial charge in [-0.1, -0.05) is 75.0 Å². The first-order valence-corrected chi connectivity index (χ1v) is 10.4. The maximum atomic E-state index is 6.35. The lowest BCUT2D eigenvalue weighted by Crippen LogP contribution is -2.25. The Kier molecular flexibility index (Phi) is 5.23. The molecule has 28 heavy (non-hydrogen) atoms. The van der Waals surface area contributed by atoms with Gasteiger partial charge in [0, 0.05) is 16.5 Å². The predicted molar refractivity (Wildman–Crippen MR) is 113 cm³/mol. The Labute approximate surface area is 170 Å². The summed E-state index contributed by atoms with van der Waals surface area (Å²) in [6.07, 6.45) is 6.18. The molecule has 3 aromatic rings. The van der Waals surface area contributed by atoms with Crippen molar-refractivity contribution in [3.63, 3.8) is 0 Å². The average molecular weight is 399 g/mol. The Balaban J connectivity index is 1.76. The summed E-state index contributed by atoms with van der Waals surface area (Å²) in [4.78, 5) is 9.67. The SMILES string of the molecule is CC(C)(C)c1nc(NC2CCCCC2)c2nnn(Cc3ccccc3Cl)c2n1. The molecule has 148 valence electrons. The lowest BCUT2D eigenvalue weighted by molar-refractivity contribution is 0.461.